The van der Waals surface area contributed by atoms with Gasteiger partial charge in [-0.2, -0.15) is 0 Å². The molecule has 0 amide bonds. The number of aryl methyl sites for hydroxylation is 6. The molecule has 0 atom stereocenters. The fourth-order valence-corrected chi connectivity index (χ4v) is 5.86. The van der Waals surface area contributed by atoms with Gasteiger partial charge in [-0.3, -0.25) is 0 Å². The molecule has 0 aliphatic heterocycles. The molecule has 248 valence electrons. The van der Waals surface area contributed by atoms with Gasteiger partial charge >= 0.3 is 0 Å². The second-order valence-corrected chi connectivity index (χ2v) is 12.2. The first kappa shape index (κ1) is 32.8. The first-order valence-corrected chi connectivity index (χ1v) is 16.2. The van der Waals surface area contributed by atoms with Crippen LogP contribution >= 0.6 is 0 Å². The topological polar surface area (TPSA) is 120 Å². The van der Waals surface area contributed by atoms with Gasteiger partial charge in [0.2, 0.25) is 0 Å². The van der Waals surface area contributed by atoms with Crippen molar-refractivity contribution in [1.29, 1.82) is 0 Å². The highest BCUT2D eigenvalue weighted by molar-refractivity contribution is 5.47. The average Bonchev–Trinajstić information content (AvgIpc) is 3.05. The summed E-state index contributed by atoms with van der Waals surface area (Å²) in [7, 11) is 0. The van der Waals surface area contributed by atoms with Crippen LogP contribution in [-0.4, -0.2) is 25.5 Å². The molecule has 0 saturated heterocycles. The van der Waals surface area contributed by atoms with E-state index in [0.717, 1.165) is 33.4 Å². The SMILES string of the molecule is Oc1cccc(CCc2cc(O)cc(Oc3cc(CCc4cccc(O)c4)cc(Oc4cc(O)cc(CCc5cccc(O)c5)c4)c3)c2)c1. The second kappa shape index (κ2) is 15.2. The van der Waals surface area contributed by atoms with Crippen molar-refractivity contribution in [3.8, 4) is 51.7 Å². The highest BCUT2D eigenvalue weighted by Gasteiger charge is 2.11. The van der Waals surface area contributed by atoms with E-state index in [9.17, 15) is 25.5 Å². The Bertz CT molecular complexity index is 1930. The monoisotopic (exact) mass is 654 g/mol. The maximum atomic E-state index is 10.5. The van der Waals surface area contributed by atoms with Gasteiger partial charge in [-0.1, -0.05) is 36.4 Å². The van der Waals surface area contributed by atoms with Gasteiger partial charge in [-0.25, -0.2) is 0 Å². The van der Waals surface area contributed by atoms with Gasteiger partial charge in [0, 0.05) is 18.2 Å². The van der Waals surface area contributed by atoms with Gasteiger partial charge in [-0.05, 0) is 145 Å². The van der Waals surface area contributed by atoms with Crippen molar-refractivity contribution in [1.82, 2.24) is 0 Å². The zero-order valence-corrected chi connectivity index (χ0v) is 26.9. The fourth-order valence-electron chi connectivity index (χ4n) is 5.86. The minimum atomic E-state index is 0.0814. The van der Waals surface area contributed by atoms with Crippen molar-refractivity contribution in [2.24, 2.45) is 0 Å². The summed E-state index contributed by atoms with van der Waals surface area (Å²) in [5.74, 6) is 2.77. The highest BCUT2D eigenvalue weighted by atomic mass is 16.5. The largest absolute Gasteiger partial charge is 0.508 e. The quantitative estimate of drug-likeness (QED) is 0.0842. The maximum Gasteiger partial charge on any atom is 0.131 e. The van der Waals surface area contributed by atoms with E-state index in [1.807, 2.05) is 60.7 Å². The van der Waals surface area contributed by atoms with Crippen LogP contribution in [0, 0.1) is 0 Å². The maximum absolute atomic E-state index is 10.5. The third-order valence-corrected chi connectivity index (χ3v) is 8.15. The first-order chi connectivity index (χ1) is 23.7. The van der Waals surface area contributed by atoms with Crippen molar-refractivity contribution in [2.75, 3.05) is 0 Å². The summed E-state index contributed by atoms with van der Waals surface area (Å²) in [6, 6.07) is 37.4. The van der Waals surface area contributed by atoms with E-state index < -0.39 is 0 Å². The molecule has 0 spiro atoms. The Kier molecular flexibility index (Phi) is 10.2. The lowest BCUT2D eigenvalue weighted by Crippen LogP contribution is -1.96. The third-order valence-electron chi connectivity index (χ3n) is 8.15. The van der Waals surface area contributed by atoms with Crippen molar-refractivity contribution in [2.45, 2.75) is 38.5 Å². The molecule has 6 aromatic carbocycles. The summed E-state index contributed by atoms with van der Waals surface area (Å²) in [4.78, 5) is 0. The van der Waals surface area contributed by atoms with Gasteiger partial charge in [-0.15, -0.1) is 0 Å². The minimum Gasteiger partial charge on any atom is -0.508 e. The van der Waals surface area contributed by atoms with Gasteiger partial charge in [0.25, 0.3) is 0 Å². The number of hydrogen-bond acceptors (Lipinski definition) is 7. The molecule has 5 N–H and O–H groups in total. The zero-order chi connectivity index (χ0) is 34.2. The normalized spacial score (nSPS) is 10.9. The first-order valence-electron chi connectivity index (χ1n) is 16.2. The van der Waals surface area contributed by atoms with Crippen molar-refractivity contribution in [3.05, 3.63) is 161 Å². The van der Waals surface area contributed by atoms with Crippen LogP contribution in [0.5, 0.6) is 51.7 Å². The van der Waals surface area contributed by atoms with Crippen LogP contribution < -0.4 is 9.47 Å². The standard InChI is InChI=1S/C42H38O7/c43-34-7-1-4-28(16-34)10-13-31-19-37(46)25-39(21-31)48-41-23-33(15-12-30-6-3-9-36(45)18-30)24-42(27-41)49-40-22-32(20-38(47)26-40)14-11-29-5-2-8-35(44)17-29/h1-9,16-27,43-47H,10-15H2. The lowest BCUT2D eigenvalue weighted by molar-refractivity contribution is 0.442. The van der Waals surface area contributed by atoms with Crippen molar-refractivity contribution >= 4 is 0 Å². The number of phenolic OH excluding ortho intramolecular Hbond substituents is 5. The molecule has 0 fully saturated rings. The van der Waals surface area contributed by atoms with E-state index in [-0.39, 0.29) is 28.7 Å². The Morgan fingerprint density at radius 3 is 0.918 bits per heavy atom. The molecular formula is C42H38O7. The Morgan fingerprint density at radius 2 is 0.571 bits per heavy atom. The molecular weight excluding hydrogens is 616 g/mol. The van der Waals surface area contributed by atoms with E-state index in [1.54, 1.807) is 66.7 Å². The lowest BCUT2D eigenvalue weighted by atomic mass is 10.0. The Balaban J connectivity index is 1.23. The third kappa shape index (κ3) is 9.72. The molecule has 6 rings (SSSR count). The van der Waals surface area contributed by atoms with Crippen molar-refractivity contribution < 1.29 is 35.0 Å². The second-order valence-electron chi connectivity index (χ2n) is 12.2. The minimum absolute atomic E-state index is 0.0814. The molecule has 0 aromatic heterocycles. The van der Waals surface area contributed by atoms with Gasteiger partial charge < -0.3 is 35.0 Å². The fraction of sp³-hybridized carbons (Fsp3) is 0.143. The summed E-state index contributed by atoms with van der Waals surface area (Å²) in [6.07, 6.45) is 3.95. The smallest absolute Gasteiger partial charge is 0.131 e. The van der Waals surface area contributed by atoms with Crippen LogP contribution in [0.4, 0.5) is 0 Å². The molecule has 0 saturated carbocycles. The number of hydrogen-bond donors (Lipinski definition) is 5. The number of phenols is 5. The number of benzene rings is 6. The van der Waals surface area contributed by atoms with Crippen LogP contribution in [0.15, 0.2) is 127 Å². The Labute approximate surface area is 285 Å². The van der Waals surface area contributed by atoms with Crippen LogP contribution in [0.1, 0.15) is 33.4 Å². The van der Waals surface area contributed by atoms with Crippen LogP contribution in [0.2, 0.25) is 0 Å². The Hall–Kier alpha value is -6.08. The van der Waals surface area contributed by atoms with Gasteiger partial charge in [0.15, 0.2) is 0 Å². The molecule has 7 nitrogen and oxygen atoms in total. The van der Waals surface area contributed by atoms with Gasteiger partial charge in [0.05, 0.1) is 0 Å². The number of aromatic hydroxyl groups is 5. The average molecular weight is 655 g/mol. The van der Waals surface area contributed by atoms with Crippen LogP contribution in [0.3, 0.4) is 0 Å². The zero-order valence-electron chi connectivity index (χ0n) is 26.9. The molecule has 0 heterocycles. The predicted molar refractivity (Wildman–Crippen MR) is 189 cm³/mol. The molecule has 0 aliphatic carbocycles. The van der Waals surface area contributed by atoms with Crippen LogP contribution in [-0.2, 0) is 38.5 Å². The summed E-state index contributed by atoms with van der Waals surface area (Å²) in [5, 5.41) is 50.6. The summed E-state index contributed by atoms with van der Waals surface area (Å²) in [6.45, 7) is 0. The molecule has 0 bridgehead atoms. The van der Waals surface area contributed by atoms with Crippen molar-refractivity contribution in [3.63, 3.8) is 0 Å². The van der Waals surface area contributed by atoms with Gasteiger partial charge in [0.1, 0.15) is 51.7 Å². The molecule has 0 radical (unpaired) electrons. The Morgan fingerprint density at radius 1 is 0.286 bits per heavy atom. The summed E-state index contributed by atoms with van der Waals surface area (Å²) >= 11 is 0. The number of rotatable bonds is 13. The summed E-state index contributed by atoms with van der Waals surface area (Å²) in [5.41, 5.74) is 5.66. The van der Waals surface area contributed by atoms with E-state index in [1.165, 1.54) is 0 Å². The van der Waals surface area contributed by atoms with E-state index in [0.29, 0.717) is 61.5 Å². The molecule has 49 heavy (non-hydrogen) atoms. The van der Waals surface area contributed by atoms with Crippen LogP contribution in [0.25, 0.3) is 0 Å². The molecule has 6 aromatic rings. The van der Waals surface area contributed by atoms with E-state index in [4.69, 9.17) is 9.47 Å². The number of ether oxygens (including phenoxy) is 2. The summed E-state index contributed by atoms with van der Waals surface area (Å²) < 4.78 is 12.6. The highest BCUT2D eigenvalue weighted by Crippen LogP contribution is 2.34. The van der Waals surface area contributed by atoms with E-state index >= 15 is 0 Å². The lowest BCUT2D eigenvalue weighted by Gasteiger charge is -2.14. The molecule has 7 heteroatoms. The van der Waals surface area contributed by atoms with E-state index in [2.05, 4.69) is 0 Å². The molecule has 0 aliphatic rings. The molecule has 0 unspecified atom stereocenters. The predicted octanol–water partition coefficient (Wildman–Crippen LogP) is 9.15.